The molecule has 5 heteroatoms. The molecule has 130 valence electrons. The first-order chi connectivity index (χ1) is 11.7. The molecular formula is C19H26N2O3. The standard InChI is InChI=1S/C19H26N2O3/c22-13-14-5-1-2-11-21(14)12-4-10-20-19(24)17-7-3-6-16-15(17)8-9-18(16)23/h3,6-7,14,22H,1-2,4-5,8-13H2,(H,20,24)/t14-/m1/s1. The predicted octanol–water partition coefficient (Wildman–Crippen LogP) is 1.78. The third-order valence-corrected chi connectivity index (χ3v) is 5.19. The van der Waals surface area contributed by atoms with Crippen LogP contribution in [0.25, 0.3) is 0 Å². The molecular weight excluding hydrogens is 304 g/mol. The number of carbonyl (C=O) groups excluding carboxylic acids is 2. The largest absolute Gasteiger partial charge is 0.395 e. The number of amides is 1. The summed E-state index contributed by atoms with van der Waals surface area (Å²) in [4.78, 5) is 26.5. The molecule has 1 fully saturated rings. The minimum absolute atomic E-state index is 0.0843. The Bertz CT molecular complexity index is 615. The number of ketones is 1. The second-order valence-corrected chi connectivity index (χ2v) is 6.73. The minimum Gasteiger partial charge on any atom is -0.395 e. The van der Waals surface area contributed by atoms with Crippen molar-refractivity contribution in [3.63, 3.8) is 0 Å². The number of nitrogens with one attached hydrogen (secondary N) is 1. The van der Waals surface area contributed by atoms with E-state index in [1.807, 2.05) is 6.07 Å². The van der Waals surface area contributed by atoms with Gasteiger partial charge in [0.2, 0.25) is 0 Å². The molecule has 1 amide bonds. The highest BCUT2D eigenvalue weighted by Crippen LogP contribution is 2.25. The molecule has 1 atom stereocenters. The van der Waals surface area contributed by atoms with Crippen LogP contribution < -0.4 is 5.32 Å². The lowest BCUT2D eigenvalue weighted by Gasteiger charge is -2.34. The van der Waals surface area contributed by atoms with Crippen LogP contribution >= 0.6 is 0 Å². The summed E-state index contributed by atoms with van der Waals surface area (Å²) < 4.78 is 0. The topological polar surface area (TPSA) is 69.6 Å². The zero-order valence-corrected chi connectivity index (χ0v) is 14.1. The Morgan fingerprint density at radius 3 is 3.00 bits per heavy atom. The summed E-state index contributed by atoms with van der Waals surface area (Å²) in [5.74, 6) is 0.0543. The SMILES string of the molecule is O=C1CCc2c1cccc2C(=O)NCCCN1CCCC[C@@H]1CO. The van der Waals surface area contributed by atoms with Crippen LogP contribution in [0.1, 0.15) is 58.4 Å². The summed E-state index contributed by atoms with van der Waals surface area (Å²) >= 11 is 0. The molecule has 1 saturated heterocycles. The van der Waals surface area contributed by atoms with Crippen molar-refractivity contribution in [3.8, 4) is 0 Å². The molecule has 24 heavy (non-hydrogen) atoms. The van der Waals surface area contributed by atoms with E-state index in [-0.39, 0.29) is 24.3 Å². The highest BCUT2D eigenvalue weighted by Gasteiger charge is 2.24. The first-order valence-corrected chi connectivity index (χ1v) is 8.99. The number of aliphatic hydroxyl groups is 1. The van der Waals surface area contributed by atoms with E-state index in [9.17, 15) is 14.7 Å². The number of nitrogens with zero attached hydrogens (tertiary/aromatic N) is 1. The van der Waals surface area contributed by atoms with Crippen molar-refractivity contribution in [1.82, 2.24) is 10.2 Å². The number of aliphatic hydroxyl groups excluding tert-OH is 1. The van der Waals surface area contributed by atoms with E-state index in [1.165, 1.54) is 12.8 Å². The van der Waals surface area contributed by atoms with Gasteiger partial charge in [-0.15, -0.1) is 0 Å². The predicted molar refractivity (Wildman–Crippen MR) is 92.3 cm³/mol. The molecule has 0 aromatic heterocycles. The van der Waals surface area contributed by atoms with Crippen LogP contribution in [0.15, 0.2) is 18.2 Å². The van der Waals surface area contributed by atoms with Gasteiger partial charge in [-0.25, -0.2) is 0 Å². The smallest absolute Gasteiger partial charge is 0.251 e. The molecule has 5 nitrogen and oxygen atoms in total. The fourth-order valence-corrected chi connectivity index (χ4v) is 3.84. The summed E-state index contributed by atoms with van der Waals surface area (Å²) in [6.45, 7) is 2.77. The highest BCUT2D eigenvalue weighted by molar-refractivity contribution is 6.05. The number of benzene rings is 1. The lowest BCUT2D eigenvalue weighted by Crippen LogP contribution is -2.43. The zero-order valence-electron chi connectivity index (χ0n) is 14.1. The summed E-state index contributed by atoms with van der Waals surface area (Å²) in [5, 5.41) is 12.4. The van der Waals surface area contributed by atoms with Gasteiger partial charge in [0, 0.05) is 36.7 Å². The Hall–Kier alpha value is -1.72. The number of piperidine rings is 1. The average molecular weight is 330 g/mol. The maximum absolute atomic E-state index is 12.4. The quantitative estimate of drug-likeness (QED) is 0.780. The maximum atomic E-state index is 12.4. The summed E-state index contributed by atoms with van der Waals surface area (Å²) in [5.41, 5.74) is 2.25. The molecule has 1 aliphatic heterocycles. The van der Waals surface area contributed by atoms with E-state index in [1.54, 1.807) is 12.1 Å². The Morgan fingerprint density at radius 1 is 1.29 bits per heavy atom. The van der Waals surface area contributed by atoms with Crippen LogP contribution in [0.5, 0.6) is 0 Å². The van der Waals surface area contributed by atoms with E-state index >= 15 is 0 Å². The number of Topliss-reactive ketones (excluding diaryl/α,β-unsaturated/α-hetero) is 1. The lowest BCUT2D eigenvalue weighted by atomic mass is 10.0. The summed E-state index contributed by atoms with van der Waals surface area (Å²) in [6.07, 6.45) is 5.49. The van der Waals surface area contributed by atoms with Gasteiger partial charge in [0.25, 0.3) is 5.91 Å². The number of likely N-dealkylation sites (tertiary alicyclic amines) is 1. The number of carbonyl (C=O) groups is 2. The summed E-state index contributed by atoms with van der Waals surface area (Å²) in [6, 6.07) is 5.68. The van der Waals surface area contributed by atoms with Crippen LogP contribution in [0.2, 0.25) is 0 Å². The Morgan fingerprint density at radius 2 is 2.17 bits per heavy atom. The molecule has 0 unspecified atom stereocenters. The van der Waals surface area contributed by atoms with Gasteiger partial charge in [-0.05, 0) is 43.9 Å². The minimum atomic E-state index is -0.0843. The lowest BCUT2D eigenvalue weighted by molar-refractivity contribution is 0.0868. The van der Waals surface area contributed by atoms with Gasteiger partial charge in [0.1, 0.15) is 0 Å². The fraction of sp³-hybridized carbons (Fsp3) is 0.579. The van der Waals surface area contributed by atoms with Crippen LogP contribution in [0, 0.1) is 0 Å². The van der Waals surface area contributed by atoms with E-state index in [0.717, 1.165) is 31.5 Å². The number of hydrogen-bond acceptors (Lipinski definition) is 4. The molecule has 0 bridgehead atoms. The highest BCUT2D eigenvalue weighted by atomic mass is 16.3. The summed E-state index contributed by atoms with van der Waals surface area (Å²) in [7, 11) is 0. The normalized spacial score (nSPS) is 20.9. The van der Waals surface area contributed by atoms with Crippen molar-refractivity contribution in [3.05, 3.63) is 34.9 Å². The van der Waals surface area contributed by atoms with E-state index in [4.69, 9.17) is 0 Å². The van der Waals surface area contributed by atoms with Gasteiger partial charge in [0.05, 0.1) is 6.61 Å². The molecule has 0 saturated carbocycles. The van der Waals surface area contributed by atoms with Gasteiger partial charge in [-0.3, -0.25) is 14.5 Å². The van der Waals surface area contributed by atoms with Crippen molar-refractivity contribution in [1.29, 1.82) is 0 Å². The average Bonchev–Trinajstić information content (AvgIpc) is 3.00. The molecule has 1 aromatic rings. The second-order valence-electron chi connectivity index (χ2n) is 6.73. The molecule has 3 rings (SSSR count). The molecule has 2 N–H and O–H groups in total. The van der Waals surface area contributed by atoms with E-state index < -0.39 is 0 Å². The van der Waals surface area contributed by atoms with Crippen molar-refractivity contribution in [2.75, 3.05) is 26.2 Å². The van der Waals surface area contributed by atoms with Gasteiger partial charge in [-0.2, -0.15) is 0 Å². The first-order valence-electron chi connectivity index (χ1n) is 8.99. The Balaban J connectivity index is 1.49. The number of fused-ring (bicyclic) bond motifs is 1. The van der Waals surface area contributed by atoms with Crippen molar-refractivity contribution >= 4 is 11.7 Å². The number of rotatable bonds is 6. The second kappa shape index (κ2) is 7.90. The van der Waals surface area contributed by atoms with Crippen molar-refractivity contribution in [2.45, 2.75) is 44.6 Å². The molecule has 1 heterocycles. The van der Waals surface area contributed by atoms with E-state index in [2.05, 4.69) is 10.2 Å². The van der Waals surface area contributed by atoms with Gasteiger partial charge in [-0.1, -0.05) is 18.6 Å². The molecule has 0 radical (unpaired) electrons. The third kappa shape index (κ3) is 3.68. The van der Waals surface area contributed by atoms with Gasteiger partial charge in [0.15, 0.2) is 5.78 Å². The zero-order chi connectivity index (χ0) is 16.9. The fourth-order valence-electron chi connectivity index (χ4n) is 3.84. The van der Waals surface area contributed by atoms with Gasteiger partial charge >= 0.3 is 0 Å². The Labute approximate surface area is 143 Å². The molecule has 1 aliphatic carbocycles. The molecule has 2 aliphatic rings. The Kier molecular flexibility index (Phi) is 5.63. The monoisotopic (exact) mass is 330 g/mol. The maximum Gasteiger partial charge on any atom is 0.251 e. The van der Waals surface area contributed by atoms with Crippen molar-refractivity contribution < 1.29 is 14.7 Å². The van der Waals surface area contributed by atoms with Crippen LogP contribution in [-0.4, -0.2) is 54.0 Å². The number of hydrogen-bond donors (Lipinski definition) is 2. The third-order valence-electron chi connectivity index (χ3n) is 5.19. The van der Waals surface area contributed by atoms with Crippen LogP contribution in [0.3, 0.4) is 0 Å². The molecule has 1 aromatic carbocycles. The first kappa shape index (κ1) is 17.1. The van der Waals surface area contributed by atoms with Crippen molar-refractivity contribution in [2.24, 2.45) is 0 Å². The molecule has 0 spiro atoms. The van der Waals surface area contributed by atoms with Crippen LogP contribution in [0.4, 0.5) is 0 Å². The van der Waals surface area contributed by atoms with Gasteiger partial charge < -0.3 is 10.4 Å². The van der Waals surface area contributed by atoms with Crippen LogP contribution in [-0.2, 0) is 6.42 Å². The van der Waals surface area contributed by atoms with E-state index in [0.29, 0.717) is 30.5 Å².